The summed E-state index contributed by atoms with van der Waals surface area (Å²) in [5, 5.41) is 4.52. The number of carbonyl (C=O) groups is 1. The van der Waals surface area contributed by atoms with E-state index in [4.69, 9.17) is 9.26 Å². The summed E-state index contributed by atoms with van der Waals surface area (Å²) in [6, 6.07) is 7.47. The molecule has 152 valence electrons. The molecule has 1 fully saturated rings. The zero-order valence-electron chi connectivity index (χ0n) is 16.8. The number of benzene rings is 1. The first kappa shape index (κ1) is 19.3. The van der Waals surface area contributed by atoms with Crippen LogP contribution in [0.3, 0.4) is 0 Å². The van der Waals surface area contributed by atoms with Gasteiger partial charge in [0.15, 0.2) is 12.4 Å². The molecule has 2 heterocycles. The molecule has 0 saturated heterocycles. The summed E-state index contributed by atoms with van der Waals surface area (Å²) < 4.78 is 12.1. The van der Waals surface area contributed by atoms with Gasteiger partial charge < -0.3 is 9.26 Å². The Labute approximate surface area is 167 Å². The number of rotatable bonds is 6. The van der Waals surface area contributed by atoms with Crippen LogP contribution in [0.5, 0.6) is 0 Å². The first-order valence-corrected chi connectivity index (χ1v) is 9.82. The molecule has 0 aliphatic heterocycles. The molecule has 0 N–H and O–H groups in total. The van der Waals surface area contributed by atoms with Gasteiger partial charge in [-0.3, -0.25) is 14.2 Å². The van der Waals surface area contributed by atoms with E-state index in [1.807, 2.05) is 39.0 Å². The van der Waals surface area contributed by atoms with Crippen molar-refractivity contribution in [1.82, 2.24) is 19.7 Å². The highest BCUT2D eigenvalue weighted by atomic mass is 16.6. The van der Waals surface area contributed by atoms with Crippen LogP contribution in [0.15, 0.2) is 33.6 Å². The third-order valence-corrected chi connectivity index (χ3v) is 4.84. The third kappa shape index (κ3) is 4.21. The minimum atomic E-state index is -0.398. The quantitative estimate of drug-likeness (QED) is 0.590. The molecule has 2 aromatic heterocycles. The number of carbonyl (C=O) groups excluding carboxylic acids is 1. The molecule has 1 aliphatic carbocycles. The smallest absolute Gasteiger partial charge is 0.306 e. The fraction of sp³-hybridized carbons (Fsp3) is 0.476. The number of fused-ring (bicyclic) bond motifs is 1. The zero-order valence-corrected chi connectivity index (χ0v) is 16.8. The van der Waals surface area contributed by atoms with Gasteiger partial charge in [-0.2, -0.15) is 4.98 Å². The van der Waals surface area contributed by atoms with E-state index in [-0.39, 0.29) is 35.9 Å². The Morgan fingerprint density at radius 1 is 1.24 bits per heavy atom. The molecule has 3 aromatic rings. The Morgan fingerprint density at radius 3 is 2.69 bits per heavy atom. The second-order valence-electron chi connectivity index (χ2n) is 8.37. The van der Waals surface area contributed by atoms with E-state index in [2.05, 4.69) is 15.1 Å². The average molecular weight is 396 g/mol. The van der Waals surface area contributed by atoms with Gasteiger partial charge in [0.1, 0.15) is 5.82 Å². The van der Waals surface area contributed by atoms with Crippen LogP contribution >= 0.6 is 0 Å². The maximum atomic E-state index is 12.8. The summed E-state index contributed by atoms with van der Waals surface area (Å²) in [6.45, 7) is 5.86. The molecular formula is C21H24N4O4. The summed E-state index contributed by atoms with van der Waals surface area (Å²) >= 11 is 0. The number of ether oxygens (including phenoxy) is 1. The molecular weight excluding hydrogens is 372 g/mol. The van der Waals surface area contributed by atoms with Crippen LogP contribution in [0.2, 0.25) is 0 Å². The van der Waals surface area contributed by atoms with Crippen molar-refractivity contribution in [2.45, 2.75) is 64.5 Å². The fourth-order valence-corrected chi connectivity index (χ4v) is 3.12. The number of hydrogen-bond donors (Lipinski definition) is 0. The van der Waals surface area contributed by atoms with Crippen LogP contribution < -0.4 is 5.56 Å². The number of para-hydroxylation sites is 1. The van der Waals surface area contributed by atoms with Crippen LogP contribution in [-0.2, 0) is 28.0 Å². The summed E-state index contributed by atoms with van der Waals surface area (Å²) in [7, 11) is 0. The van der Waals surface area contributed by atoms with Crippen molar-refractivity contribution < 1.29 is 14.1 Å². The van der Waals surface area contributed by atoms with Crippen molar-refractivity contribution in [1.29, 1.82) is 0 Å². The minimum absolute atomic E-state index is 0.0398. The molecule has 0 spiro atoms. The molecule has 29 heavy (non-hydrogen) atoms. The monoisotopic (exact) mass is 396 g/mol. The fourth-order valence-electron chi connectivity index (χ4n) is 3.12. The summed E-state index contributed by atoms with van der Waals surface area (Å²) in [5.41, 5.74) is 0.375. The Kier molecular flexibility index (Phi) is 4.94. The maximum absolute atomic E-state index is 12.8. The van der Waals surface area contributed by atoms with Crippen molar-refractivity contribution in [2.75, 3.05) is 0 Å². The number of nitrogens with zero attached hydrogens (tertiary/aromatic N) is 4. The van der Waals surface area contributed by atoms with E-state index in [9.17, 15) is 9.59 Å². The van der Waals surface area contributed by atoms with Gasteiger partial charge in [0.05, 0.1) is 17.3 Å². The minimum Gasteiger partial charge on any atom is -0.456 e. The van der Waals surface area contributed by atoms with Crippen LogP contribution in [-0.4, -0.2) is 25.7 Å². The Morgan fingerprint density at radius 2 is 2.00 bits per heavy atom. The molecule has 1 aromatic carbocycles. The first-order valence-electron chi connectivity index (χ1n) is 9.82. The summed E-state index contributed by atoms with van der Waals surface area (Å²) in [6.07, 6.45) is 2.39. The second-order valence-corrected chi connectivity index (χ2v) is 8.37. The Balaban J connectivity index is 1.43. The molecule has 1 saturated carbocycles. The van der Waals surface area contributed by atoms with Crippen molar-refractivity contribution >= 4 is 16.9 Å². The molecule has 1 aliphatic rings. The largest absolute Gasteiger partial charge is 0.456 e. The van der Waals surface area contributed by atoms with E-state index < -0.39 is 5.97 Å². The topological polar surface area (TPSA) is 100 Å². The highest BCUT2D eigenvalue weighted by Crippen LogP contribution is 2.34. The van der Waals surface area contributed by atoms with Gasteiger partial charge in [-0.15, -0.1) is 0 Å². The molecule has 0 atom stereocenters. The second kappa shape index (κ2) is 7.42. The molecule has 0 radical (unpaired) electrons. The lowest BCUT2D eigenvalue weighted by molar-refractivity contribution is -0.145. The molecule has 0 amide bonds. The van der Waals surface area contributed by atoms with E-state index >= 15 is 0 Å². The Bertz CT molecular complexity index is 1110. The predicted octanol–water partition coefficient (Wildman–Crippen LogP) is 3.09. The zero-order chi connectivity index (χ0) is 20.6. The number of aryl methyl sites for hydroxylation is 1. The standard InChI is InChI=1S/C21H24N4O4/c1-21(2,3)20-23-17(29-24-20)12-28-18(26)11-10-16-22-15-7-5-4-6-14(15)19(27)25(16)13-8-9-13/h4-7,13H,8-12H2,1-3H3. The number of aromatic nitrogens is 4. The van der Waals surface area contributed by atoms with Gasteiger partial charge >= 0.3 is 5.97 Å². The van der Waals surface area contributed by atoms with E-state index in [0.717, 1.165) is 12.8 Å². The number of hydrogen-bond acceptors (Lipinski definition) is 7. The molecule has 8 heteroatoms. The van der Waals surface area contributed by atoms with Gasteiger partial charge in [-0.25, -0.2) is 4.98 Å². The van der Waals surface area contributed by atoms with E-state index in [0.29, 0.717) is 29.0 Å². The van der Waals surface area contributed by atoms with Crippen LogP contribution in [0.1, 0.15) is 63.6 Å². The van der Waals surface area contributed by atoms with Gasteiger partial charge in [0.25, 0.3) is 11.4 Å². The van der Waals surface area contributed by atoms with Crippen LogP contribution in [0.25, 0.3) is 10.9 Å². The predicted molar refractivity (Wildman–Crippen MR) is 105 cm³/mol. The highest BCUT2D eigenvalue weighted by Gasteiger charge is 2.28. The van der Waals surface area contributed by atoms with Crippen molar-refractivity contribution in [2.24, 2.45) is 0 Å². The lowest BCUT2D eigenvalue weighted by atomic mass is 9.96. The van der Waals surface area contributed by atoms with E-state index in [1.165, 1.54) is 0 Å². The van der Waals surface area contributed by atoms with Crippen molar-refractivity contribution in [3.8, 4) is 0 Å². The number of esters is 1. The lowest BCUT2D eigenvalue weighted by Crippen LogP contribution is -2.25. The lowest BCUT2D eigenvalue weighted by Gasteiger charge is -2.12. The van der Waals surface area contributed by atoms with E-state index in [1.54, 1.807) is 10.6 Å². The highest BCUT2D eigenvalue weighted by molar-refractivity contribution is 5.77. The summed E-state index contributed by atoms with van der Waals surface area (Å²) in [4.78, 5) is 33.9. The SMILES string of the molecule is CC(C)(C)c1noc(COC(=O)CCc2nc3ccccc3c(=O)n2C2CC2)n1. The van der Waals surface area contributed by atoms with Gasteiger partial charge in [-0.05, 0) is 25.0 Å². The van der Waals surface area contributed by atoms with Crippen molar-refractivity contribution in [3.63, 3.8) is 0 Å². The van der Waals surface area contributed by atoms with Crippen LogP contribution in [0.4, 0.5) is 0 Å². The van der Waals surface area contributed by atoms with Gasteiger partial charge in [-0.1, -0.05) is 38.1 Å². The van der Waals surface area contributed by atoms with Gasteiger partial charge in [0, 0.05) is 17.9 Å². The average Bonchev–Trinajstić information content (AvgIpc) is 3.39. The van der Waals surface area contributed by atoms with Gasteiger partial charge in [0.2, 0.25) is 0 Å². The molecule has 0 bridgehead atoms. The Hall–Kier alpha value is -3.03. The first-order chi connectivity index (χ1) is 13.8. The van der Waals surface area contributed by atoms with Crippen molar-refractivity contribution in [3.05, 3.63) is 52.2 Å². The third-order valence-electron chi connectivity index (χ3n) is 4.84. The van der Waals surface area contributed by atoms with Crippen LogP contribution in [0, 0.1) is 0 Å². The molecule has 8 nitrogen and oxygen atoms in total. The molecule has 0 unspecified atom stereocenters. The normalized spacial score (nSPS) is 14.3. The maximum Gasteiger partial charge on any atom is 0.306 e. The summed E-state index contributed by atoms with van der Waals surface area (Å²) in [5.74, 6) is 1.06. The molecule has 4 rings (SSSR count).